The van der Waals surface area contributed by atoms with E-state index >= 15 is 0 Å². The highest BCUT2D eigenvalue weighted by molar-refractivity contribution is 5.27. The molecule has 0 heterocycles. The maximum absolute atomic E-state index is 2.40. The Morgan fingerprint density at radius 2 is 1.86 bits per heavy atom. The van der Waals surface area contributed by atoms with Gasteiger partial charge in [0.15, 0.2) is 0 Å². The zero-order chi connectivity index (χ0) is 10.7. The number of rotatable bonds is 4. The lowest BCUT2D eigenvalue weighted by atomic mass is 9.80. The molecule has 0 N–H and O–H groups in total. The average molecular weight is 192 g/mol. The first kappa shape index (κ1) is 11.6. The third-order valence-electron chi connectivity index (χ3n) is 4.02. The molecule has 0 aromatic heterocycles. The molecule has 0 amide bonds. The fourth-order valence-electron chi connectivity index (χ4n) is 2.02. The van der Waals surface area contributed by atoms with Crippen LogP contribution in [0.4, 0.5) is 0 Å². The van der Waals surface area contributed by atoms with Gasteiger partial charge in [0, 0.05) is 0 Å². The third-order valence-corrected chi connectivity index (χ3v) is 4.02. The van der Waals surface area contributed by atoms with Gasteiger partial charge in [0.05, 0.1) is 0 Å². The Morgan fingerprint density at radius 1 is 1.29 bits per heavy atom. The smallest absolute Gasteiger partial charge is 0.00214 e. The molecule has 0 spiro atoms. The first-order valence-corrected chi connectivity index (χ1v) is 5.94. The van der Waals surface area contributed by atoms with Gasteiger partial charge in [0.1, 0.15) is 0 Å². The first-order valence-electron chi connectivity index (χ1n) is 5.94. The molecule has 1 rings (SSSR count). The maximum atomic E-state index is 2.40. The SMILES string of the molecule is CCC(C)C(C)=C(C)C(C)C1=CCC1. The van der Waals surface area contributed by atoms with Gasteiger partial charge in [-0.2, -0.15) is 0 Å². The lowest BCUT2D eigenvalue weighted by molar-refractivity contribution is 0.614. The summed E-state index contributed by atoms with van der Waals surface area (Å²) < 4.78 is 0. The quantitative estimate of drug-likeness (QED) is 0.565. The van der Waals surface area contributed by atoms with Crippen LogP contribution in [-0.4, -0.2) is 0 Å². The molecule has 1 aliphatic rings. The van der Waals surface area contributed by atoms with Crippen LogP contribution < -0.4 is 0 Å². The van der Waals surface area contributed by atoms with Crippen LogP contribution in [0.5, 0.6) is 0 Å². The molecule has 2 unspecified atom stereocenters. The molecule has 1 aliphatic carbocycles. The van der Waals surface area contributed by atoms with Crippen LogP contribution in [0.1, 0.15) is 53.9 Å². The van der Waals surface area contributed by atoms with Crippen LogP contribution in [0, 0.1) is 11.8 Å². The van der Waals surface area contributed by atoms with E-state index in [2.05, 4.69) is 40.7 Å². The van der Waals surface area contributed by atoms with Gasteiger partial charge in [-0.3, -0.25) is 0 Å². The molecule has 14 heavy (non-hydrogen) atoms. The summed E-state index contributed by atoms with van der Waals surface area (Å²) in [5.41, 5.74) is 4.86. The summed E-state index contributed by atoms with van der Waals surface area (Å²) in [5.74, 6) is 1.44. The van der Waals surface area contributed by atoms with Gasteiger partial charge in [0.2, 0.25) is 0 Å². The fraction of sp³-hybridized carbons (Fsp3) is 0.714. The van der Waals surface area contributed by atoms with Crippen LogP contribution >= 0.6 is 0 Å². The molecule has 0 nitrogen and oxygen atoms in total. The van der Waals surface area contributed by atoms with Crippen molar-refractivity contribution >= 4 is 0 Å². The largest absolute Gasteiger partial charge is 0.0844 e. The summed E-state index contributed by atoms with van der Waals surface area (Å²) in [6.45, 7) is 11.6. The average Bonchev–Trinajstić information content (AvgIpc) is 2.11. The van der Waals surface area contributed by atoms with Crippen molar-refractivity contribution in [2.45, 2.75) is 53.9 Å². The van der Waals surface area contributed by atoms with Crippen molar-refractivity contribution in [3.05, 3.63) is 22.8 Å². The van der Waals surface area contributed by atoms with E-state index in [0.717, 1.165) is 5.92 Å². The Morgan fingerprint density at radius 3 is 2.21 bits per heavy atom. The first-order chi connectivity index (χ1) is 6.57. The van der Waals surface area contributed by atoms with E-state index in [9.17, 15) is 0 Å². The summed E-state index contributed by atoms with van der Waals surface area (Å²) in [6, 6.07) is 0. The molecule has 0 aromatic rings. The molecule has 2 atom stereocenters. The zero-order valence-electron chi connectivity index (χ0n) is 10.4. The third kappa shape index (κ3) is 2.29. The van der Waals surface area contributed by atoms with Crippen molar-refractivity contribution in [3.8, 4) is 0 Å². The summed E-state index contributed by atoms with van der Waals surface area (Å²) in [6.07, 6.45) is 6.29. The van der Waals surface area contributed by atoms with Crippen LogP contribution in [0.2, 0.25) is 0 Å². The highest BCUT2D eigenvalue weighted by Crippen LogP contribution is 2.33. The minimum atomic E-state index is 0.692. The molecule has 0 fully saturated rings. The molecule has 0 saturated carbocycles. The van der Waals surface area contributed by atoms with Crippen molar-refractivity contribution in [1.82, 2.24) is 0 Å². The van der Waals surface area contributed by atoms with Crippen LogP contribution in [0.25, 0.3) is 0 Å². The van der Waals surface area contributed by atoms with Crippen molar-refractivity contribution in [2.75, 3.05) is 0 Å². The van der Waals surface area contributed by atoms with E-state index in [1.807, 2.05) is 0 Å². The predicted molar refractivity (Wildman–Crippen MR) is 64.3 cm³/mol. The highest BCUT2D eigenvalue weighted by Gasteiger charge is 2.17. The second-order valence-corrected chi connectivity index (χ2v) is 4.71. The lowest BCUT2D eigenvalue weighted by Crippen LogP contribution is -2.10. The van der Waals surface area contributed by atoms with E-state index in [0.29, 0.717) is 5.92 Å². The standard InChI is InChI=1S/C14H24/c1-6-10(2)11(3)12(4)13(5)14-8-7-9-14/h8,10,13H,6-7,9H2,1-5H3. The molecule has 0 aromatic carbocycles. The van der Waals surface area contributed by atoms with Gasteiger partial charge in [0.25, 0.3) is 0 Å². The summed E-state index contributed by atoms with van der Waals surface area (Å²) >= 11 is 0. The minimum absolute atomic E-state index is 0.692. The Bertz CT molecular complexity index is 255. The van der Waals surface area contributed by atoms with Crippen molar-refractivity contribution in [3.63, 3.8) is 0 Å². The Kier molecular flexibility index (Phi) is 3.97. The second-order valence-electron chi connectivity index (χ2n) is 4.71. The van der Waals surface area contributed by atoms with Crippen molar-refractivity contribution in [1.29, 1.82) is 0 Å². The minimum Gasteiger partial charge on any atom is -0.0844 e. The van der Waals surface area contributed by atoms with E-state index in [4.69, 9.17) is 0 Å². The van der Waals surface area contributed by atoms with E-state index in [1.165, 1.54) is 19.3 Å². The van der Waals surface area contributed by atoms with Crippen molar-refractivity contribution < 1.29 is 0 Å². The lowest BCUT2D eigenvalue weighted by Gasteiger charge is -2.25. The molecule has 0 aliphatic heterocycles. The second kappa shape index (κ2) is 4.82. The Labute approximate surface area is 89.1 Å². The molecular formula is C14H24. The summed E-state index contributed by atoms with van der Waals surface area (Å²) in [5, 5.41) is 0. The van der Waals surface area contributed by atoms with Gasteiger partial charge < -0.3 is 0 Å². The fourth-order valence-corrected chi connectivity index (χ4v) is 2.02. The van der Waals surface area contributed by atoms with Crippen molar-refractivity contribution in [2.24, 2.45) is 11.8 Å². The number of hydrogen-bond acceptors (Lipinski definition) is 0. The van der Waals surface area contributed by atoms with E-state index in [1.54, 1.807) is 16.7 Å². The monoisotopic (exact) mass is 192 g/mol. The van der Waals surface area contributed by atoms with Crippen LogP contribution in [0.3, 0.4) is 0 Å². The van der Waals surface area contributed by atoms with Gasteiger partial charge in [-0.1, -0.05) is 43.6 Å². The van der Waals surface area contributed by atoms with Gasteiger partial charge >= 0.3 is 0 Å². The zero-order valence-corrected chi connectivity index (χ0v) is 10.4. The molecule has 0 heteroatoms. The highest BCUT2D eigenvalue weighted by atomic mass is 14.2. The van der Waals surface area contributed by atoms with E-state index in [-0.39, 0.29) is 0 Å². The molecule has 0 bridgehead atoms. The normalized spacial score (nSPS) is 21.9. The van der Waals surface area contributed by atoms with E-state index < -0.39 is 0 Å². The molecule has 0 radical (unpaired) electrons. The van der Waals surface area contributed by atoms with Gasteiger partial charge in [-0.25, -0.2) is 0 Å². The predicted octanol–water partition coefficient (Wildman–Crippen LogP) is 4.73. The Balaban J connectivity index is 2.74. The van der Waals surface area contributed by atoms with Crippen LogP contribution in [0.15, 0.2) is 22.8 Å². The molecule has 80 valence electrons. The molecule has 0 saturated heterocycles. The number of hydrogen-bond donors (Lipinski definition) is 0. The van der Waals surface area contributed by atoms with Gasteiger partial charge in [-0.05, 0) is 44.9 Å². The Hall–Kier alpha value is -0.520. The summed E-state index contributed by atoms with van der Waals surface area (Å²) in [4.78, 5) is 0. The van der Waals surface area contributed by atoms with Gasteiger partial charge in [-0.15, -0.1) is 0 Å². The number of allylic oxidation sites excluding steroid dienone is 4. The van der Waals surface area contributed by atoms with Crippen LogP contribution in [-0.2, 0) is 0 Å². The topological polar surface area (TPSA) is 0 Å². The maximum Gasteiger partial charge on any atom is -0.00214 e. The summed E-state index contributed by atoms with van der Waals surface area (Å²) in [7, 11) is 0. The molecular weight excluding hydrogens is 168 g/mol.